The van der Waals surface area contributed by atoms with Crippen LogP contribution in [0.1, 0.15) is 23.7 Å². The van der Waals surface area contributed by atoms with Gasteiger partial charge >= 0.3 is 10.2 Å². The molecule has 1 fully saturated rings. The molecule has 0 N–H and O–H groups in total. The van der Waals surface area contributed by atoms with E-state index in [1.165, 1.54) is 6.07 Å². The van der Waals surface area contributed by atoms with Crippen molar-refractivity contribution in [3.63, 3.8) is 0 Å². The maximum Gasteiger partial charge on any atom is 0.307 e. The smallest absolute Gasteiger partial charge is 0.307 e. The number of Topliss-reactive ketones (excluding diaryl/α,β-unsaturated/α-hetero) is 1. The monoisotopic (exact) mass is 330 g/mol. The number of nitro benzene ring substituents is 1. The van der Waals surface area contributed by atoms with Crippen LogP contribution >= 0.6 is 0 Å². The largest absolute Gasteiger partial charge is 0.310 e. The van der Waals surface area contributed by atoms with Gasteiger partial charge in [0.1, 0.15) is 5.25 Å². The quantitative estimate of drug-likeness (QED) is 0.354. The lowest BCUT2D eigenvalue weighted by Crippen LogP contribution is -2.28. The van der Waals surface area contributed by atoms with E-state index in [2.05, 4.69) is 0 Å². The minimum absolute atomic E-state index is 0.0363. The first-order valence-electron chi connectivity index (χ1n) is 6.14. The van der Waals surface area contributed by atoms with Gasteiger partial charge in [-0.25, -0.2) is 0 Å². The number of halogens is 1. The summed E-state index contributed by atoms with van der Waals surface area (Å²) in [6.45, 7) is 0.724. The van der Waals surface area contributed by atoms with Crippen molar-refractivity contribution >= 4 is 33.3 Å². The summed E-state index contributed by atoms with van der Waals surface area (Å²) in [6, 6.07) is 3.27. The van der Waals surface area contributed by atoms with Crippen LogP contribution in [0.4, 0.5) is 15.3 Å². The number of carbonyl (C=O) groups excluding carboxylic acids is 2. The molecular weight excluding hydrogens is 319 g/mol. The molecule has 0 radical (unpaired) electrons. The number of hydrogen-bond donors (Lipinski definition) is 0. The third-order valence-corrected chi connectivity index (χ3v) is 4.46. The van der Waals surface area contributed by atoms with Gasteiger partial charge in [-0.05, 0) is 13.0 Å². The summed E-state index contributed by atoms with van der Waals surface area (Å²) >= 11 is 0. The van der Waals surface area contributed by atoms with Crippen molar-refractivity contribution in [3.05, 3.63) is 33.9 Å². The van der Waals surface area contributed by atoms with Crippen LogP contribution in [0.3, 0.4) is 0 Å². The van der Waals surface area contributed by atoms with E-state index in [1.807, 2.05) is 0 Å². The molecule has 1 aliphatic heterocycles. The SMILES string of the molecule is CC(=O)c1cc([N+](=O)[O-])ccc1N1CC(S(=O)(=O)F)CC1=O. The molecule has 0 bridgehead atoms. The number of carbonyl (C=O) groups is 2. The summed E-state index contributed by atoms with van der Waals surface area (Å²) in [5.74, 6) is -1.19. The highest BCUT2D eigenvalue weighted by atomic mass is 32.3. The molecule has 0 aromatic heterocycles. The number of nitro groups is 1. The fraction of sp³-hybridized carbons (Fsp3) is 0.333. The Morgan fingerprint density at radius 1 is 1.45 bits per heavy atom. The molecule has 8 nitrogen and oxygen atoms in total. The molecular formula is C12H11FN2O6S. The van der Waals surface area contributed by atoms with Crippen LogP contribution in [0, 0.1) is 10.1 Å². The Morgan fingerprint density at radius 2 is 2.09 bits per heavy atom. The molecule has 0 spiro atoms. The van der Waals surface area contributed by atoms with Gasteiger partial charge in [0.2, 0.25) is 5.91 Å². The first kappa shape index (κ1) is 16.0. The standard InChI is InChI=1S/C12H11FN2O6S/c1-7(16)10-4-8(15(18)19)2-3-11(10)14-6-9(5-12(14)17)22(13,20)21/h2-4,9H,5-6H2,1H3. The Balaban J connectivity index is 2.47. The molecule has 2 rings (SSSR count). The molecule has 1 amide bonds. The third kappa shape index (κ3) is 2.96. The van der Waals surface area contributed by atoms with Gasteiger partial charge in [-0.2, -0.15) is 8.42 Å². The molecule has 1 unspecified atom stereocenters. The van der Waals surface area contributed by atoms with E-state index >= 15 is 0 Å². The molecule has 1 saturated heterocycles. The third-order valence-electron chi connectivity index (χ3n) is 3.35. The average Bonchev–Trinajstić information content (AvgIpc) is 2.79. The van der Waals surface area contributed by atoms with E-state index < -0.39 is 45.1 Å². The van der Waals surface area contributed by atoms with Crippen molar-refractivity contribution < 1.29 is 26.8 Å². The van der Waals surface area contributed by atoms with Gasteiger partial charge in [-0.3, -0.25) is 19.7 Å². The normalized spacial score (nSPS) is 18.5. The van der Waals surface area contributed by atoms with E-state index in [9.17, 15) is 32.0 Å². The molecule has 1 heterocycles. The number of ketones is 1. The van der Waals surface area contributed by atoms with E-state index in [-0.39, 0.29) is 16.9 Å². The van der Waals surface area contributed by atoms with Gasteiger partial charge in [0.05, 0.1) is 10.6 Å². The lowest BCUT2D eigenvalue weighted by atomic mass is 10.1. The summed E-state index contributed by atoms with van der Waals surface area (Å²) < 4.78 is 34.9. The molecule has 1 aromatic rings. The number of hydrogen-bond acceptors (Lipinski definition) is 6. The maximum absolute atomic E-state index is 13.0. The van der Waals surface area contributed by atoms with Crippen molar-refractivity contribution in [2.75, 3.05) is 11.4 Å². The predicted molar refractivity (Wildman–Crippen MR) is 73.9 cm³/mol. The predicted octanol–water partition coefficient (Wildman–Crippen LogP) is 1.20. The Morgan fingerprint density at radius 3 is 2.55 bits per heavy atom. The van der Waals surface area contributed by atoms with Crippen LogP contribution in [-0.4, -0.2) is 36.8 Å². The van der Waals surface area contributed by atoms with Crippen LogP contribution in [0.5, 0.6) is 0 Å². The maximum atomic E-state index is 13.0. The van der Waals surface area contributed by atoms with E-state index in [4.69, 9.17) is 0 Å². The Labute approximate surface area is 124 Å². The van der Waals surface area contributed by atoms with Crippen molar-refractivity contribution in [3.8, 4) is 0 Å². The number of rotatable bonds is 4. The Bertz CT molecular complexity index is 776. The number of benzene rings is 1. The van der Waals surface area contributed by atoms with Crippen LogP contribution in [-0.2, 0) is 15.0 Å². The molecule has 22 heavy (non-hydrogen) atoms. The van der Waals surface area contributed by atoms with E-state index in [1.54, 1.807) is 0 Å². The minimum atomic E-state index is -4.89. The fourth-order valence-corrected chi connectivity index (χ4v) is 2.92. The molecule has 10 heteroatoms. The van der Waals surface area contributed by atoms with Crippen LogP contribution in [0.25, 0.3) is 0 Å². The molecule has 118 valence electrons. The summed E-state index contributed by atoms with van der Waals surface area (Å²) in [5, 5.41) is 9.24. The summed E-state index contributed by atoms with van der Waals surface area (Å²) in [5.41, 5.74) is -0.399. The summed E-state index contributed by atoms with van der Waals surface area (Å²) in [4.78, 5) is 34.5. The molecule has 0 saturated carbocycles. The van der Waals surface area contributed by atoms with Gasteiger partial charge in [-0.15, -0.1) is 3.89 Å². The van der Waals surface area contributed by atoms with Gasteiger partial charge in [0, 0.05) is 30.7 Å². The molecule has 1 aromatic carbocycles. The minimum Gasteiger partial charge on any atom is -0.310 e. The van der Waals surface area contributed by atoms with Gasteiger partial charge in [0.25, 0.3) is 5.69 Å². The zero-order valence-electron chi connectivity index (χ0n) is 11.4. The number of amides is 1. The second-order valence-corrected chi connectivity index (χ2v) is 6.44. The fourth-order valence-electron chi connectivity index (χ4n) is 2.25. The number of non-ortho nitro benzene ring substituents is 1. The van der Waals surface area contributed by atoms with Gasteiger partial charge in [0.15, 0.2) is 5.78 Å². The zero-order chi connectivity index (χ0) is 16.7. The average molecular weight is 330 g/mol. The lowest BCUT2D eigenvalue weighted by Gasteiger charge is -2.18. The van der Waals surface area contributed by atoms with Crippen molar-refractivity contribution in [1.82, 2.24) is 0 Å². The van der Waals surface area contributed by atoms with Crippen molar-refractivity contribution in [2.45, 2.75) is 18.6 Å². The summed E-state index contributed by atoms with van der Waals surface area (Å²) in [6.07, 6.45) is -0.535. The van der Waals surface area contributed by atoms with Gasteiger partial charge < -0.3 is 4.90 Å². The highest BCUT2D eigenvalue weighted by Crippen LogP contribution is 2.31. The lowest BCUT2D eigenvalue weighted by molar-refractivity contribution is -0.384. The first-order chi connectivity index (χ1) is 10.1. The molecule has 0 aliphatic carbocycles. The molecule has 1 atom stereocenters. The van der Waals surface area contributed by atoms with Crippen LogP contribution in [0.2, 0.25) is 0 Å². The zero-order valence-corrected chi connectivity index (χ0v) is 12.2. The highest BCUT2D eigenvalue weighted by Gasteiger charge is 2.40. The van der Waals surface area contributed by atoms with Crippen LogP contribution in [0.15, 0.2) is 18.2 Å². The number of nitrogens with zero attached hydrogens (tertiary/aromatic N) is 2. The second kappa shape index (κ2) is 5.44. The second-order valence-electron chi connectivity index (χ2n) is 4.82. The molecule has 1 aliphatic rings. The van der Waals surface area contributed by atoms with E-state index in [0.29, 0.717) is 0 Å². The van der Waals surface area contributed by atoms with Crippen molar-refractivity contribution in [2.24, 2.45) is 0 Å². The Hall–Kier alpha value is -2.36. The summed E-state index contributed by atoms with van der Waals surface area (Å²) in [7, 11) is -4.89. The van der Waals surface area contributed by atoms with E-state index in [0.717, 1.165) is 24.0 Å². The van der Waals surface area contributed by atoms with Crippen LogP contribution < -0.4 is 4.90 Å². The highest BCUT2D eigenvalue weighted by molar-refractivity contribution is 7.87. The topological polar surface area (TPSA) is 115 Å². The Kier molecular flexibility index (Phi) is 3.96. The van der Waals surface area contributed by atoms with Gasteiger partial charge in [-0.1, -0.05) is 0 Å². The van der Waals surface area contributed by atoms with Crippen molar-refractivity contribution in [1.29, 1.82) is 0 Å². The first-order valence-corrected chi connectivity index (χ1v) is 7.59. The number of anilines is 1.